The minimum atomic E-state index is -0.486. The van der Waals surface area contributed by atoms with Crippen molar-refractivity contribution in [2.75, 3.05) is 5.32 Å². The predicted octanol–water partition coefficient (Wildman–Crippen LogP) is 1.66. The van der Waals surface area contributed by atoms with E-state index in [1.165, 1.54) is 12.3 Å². The number of nitrogens with one attached hydrogen (secondary N) is 2. The van der Waals surface area contributed by atoms with E-state index in [4.69, 9.17) is 0 Å². The normalized spacial score (nSPS) is 10.3. The largest absolute Gasteiger partial charge is 0.364 e. The number of thiazole rings is 1. The van der Waals surface area contributed by atoms with E-state index in [0.29, 0.717) is 17.9 Å². The Balaban J connectivity index is 2.10. The molecule has 0 bridgehead atoms. The highest BCUT2D eigenvalue weighted by molar-refractivity contribution is 7.07. The zero-order valence-electron chi connectivity index (χ0n) is 9.47. The van der Waals surface area contributed by atoms with Crippen molar-refractivity contribution in [2.45, 2.75) is 13.5 Å². The van der Waals surface area contributed by atoms with Crippen LogP contribution >= 0.6 is 11.3 Å². The SMILES string of the molecule is Cc1cc([N+](=O)[O-])cnc1NCc1csc(=O)[nH]1. The summed E-state index contributed by atoms with van der Waals surface area (Å²) in [6.45, 7) is 2.16. The molecule has 0 saturated heterocycles. The third-order valence-corrected chi connectivity index (χ3v) is 3.01. The Kier molecular flexibility index (Phi) is 3.38. The standard InChI is InChI=1S/C10H10N4O3S/c1-6-2-8(14(16)17)4-12-9(6)11-3-7-5-18-10(15)13-7/h2,4-5H,3H2,1H3,(H,11,12)(H,13,15). The zero-order valence-corrected chi connectivity index (χ0v) is 10.3. The van der Waals surface area contributed by atoms with Crippen molar-refractivity contribution < 1.29 is 4.92 Å². The van der Waals surface area contributed by atoms with E-state index in [2.05, 4.69) is 15.3 Å². The van der Waals surface area contributed by atoms with Gasteiger partial charge in [-0.1, -0.05) is 11.3 Å². The number of rotatable bonds is 4. The van der Waals surface area contributed by atoms with Crippen LogP contribution < -0.4 is 10.2 Å². The van der Waals surface area contributed by atoms with Gasteiger partial charge in [0.15, 0.2) is 0 Å². The predicted molar refractivity (Wildman–Crippen MR) is 67.9 cm³/mol. The first-order valence-corrected chi connectivity index (χ1v) is 5.96. The monoisotopic (exact) mass is 266 g/mol. The van der Waals surface area contributed by atoms with Crippen LogP contribution in [0.2, 0.25) is 0 Å². The zero-order chi connectivity index (χ0) is 13.1. The molecular formula is C10H10N4O3S. The van der Waals surface area contributed by atoms with Crippen LogP contribution in [0.3, 0.4) is 0 Å². The molecule has 2 heterocycles. The lowest BCUT2D eigenvalue weighted by Crippen LogP contribution is -2.05. The van der Waals surface area contributed by atoms with Crippen molar-refractivity contribution in [3.05, 3.63) is 48.7 Å². The van der Waals surface area contributed by atoms with Crippen molar-refractivity contribution in [3.63, 3.8) is 0 Å². The summed E-state index contributed by atoms with van der Waals surface area (Å²) in [5, 5.41) is 15.3. The topological polar surface area (TPSA) is 101 Å². The molecule has 18 heavy (non-hydrogen) atoms. The van der Waals surface area contributed by atoms with Gasteiger partial charge in [0.2, 0.25) is 0 Å². The summed E-state index contributed by atoms with van der Waals surface area (Å²) in [6.07, 6.45) is 1.20. The molecule has 0 fully saturated rings. The lowest BCUT2D eigenvalue weighted by Gasteiger charge is -2.06. The molecule has 0 aliphatic carbocycles. The fourth-order valence-corrected chi connectivity index (χ4v) is 2.01. The number of H-pyrrole nitrogens is 1. The molecule has 0 aliphatic heterocycles. The van der Waals surface area contributed by atoms with Crippen LogP contribution in [0.25, 0.3) is 0 Å². The molecule has 0 saturated carbocycles. The minimum absolute atomic E-state index is 0.0398. The van der Waals surface area contributed by atoms with Gasteiger partial charge >= 0.3 is 4.87 Å². The summed E-state index contributed by atoms with van der Waals surface area (Å²) in [5.74, 6) is 0.563. The van der Waals surface area contributed by atoms with Crippen molar-refractivity contribution in [1.82, 2.24) is 9.97 Å². The van der Waals surface area contributed by atoms with Crippen LogP contribution in [0.1, 0.15) is 11.3 Å². The quantitative estimate of drug-likeness (QED) is 0.647. The number of nitrogens with zero attached hydrogens (tertiary/aromatic N) is 2. The first-order valence-electron chi connectivity index (χ1n) is 5.08. The molecule has 8 heteroatoms. The molecule has 2 aromatic rings. The molecule has 0 unspecified atom stereocenters. The van der Waals surface area contributed by atoms with E-state index in [1.807, 2.05) is 0 Å². The van der Waals surface area contributed by atoms with Crippen LogP contribution in [0.15, 0.2) is 22.4 Å². The van der Waals surface area contributed by atoms with Gasteiger partial charge in [-0.15, -0.1) is 0 Å². The molecule has 0 aliphatic rings. The Bertz CT molecular complexity index is 634. The summed E-state index contributed by atoms with van der Waals surface area (Å²) in [7, 11) is 0. The van der Waals surface area contributed by atoms with E-state index < -0.39 is 4.92 Å². The highest BCUT2D eigenvalue weighted by atomic mass is 32.1. The van der Waals surface area contributed by atoms with E-state index in [1.54, 1.807) is 12.3 Å². The molecule has 0 spiro atoms. The Hall–Kier alpha value is -2.22. The molecule has 0 amide bonds. The lowest BCUT2D eigenvalue weighted by atomic mass is 10.2. The van der Waals surface area contributed by atoms with E-state index in [-0.39, 0.29) is 10.6 Å². The number of aromatic amines is 1. The molecule has 2 N–H and O–H groups in total. The number of hydrogen-bond acceptors (Lipinski definition) is 6. The van der Waals surface area contributed by atoms with Crippen molar-refractivity contribution >= 4 is 22.8 Å². The van der Waals surface area contributed by atoms with Gasteiger partial charge in [-0.25, -0.2) is 4.98 Å². The fourth-order valence-electron chi connectivity index (χ4n) is 1.42. The summed E-state index contributed by atoms with van der Waals surface area (Å²) < 4.78 is 0. The molecule has 7 nitrogen and oxygen atoms in total. The highest BCUT2D eigenvalue weighted by Crippen LogP contribution is 2.18. The maximum absolute atomic E-state index is 10.9. The third-order valence-electron chi connectivity index (χ3n) is 2.29. The Labute approximate surface area is 106 Å². The van der Waals surface area contributed by atoms with Gasteiger partial charge in [-0.05, 0) is 12.5 Å². The van der Waals surface area contributed by atoms with Gasteiger partial charge in [0, 0.05) is 17.1 Å². The van der Waals surface area contributed by atoms with E-state index in [0.717, 1.165) is 17.0 Å². The molecule has 0 aromatic carbocycles. The number of hydrogen-bond donors (Lipinski definition) is 2. The van der Waals surface area contributed by atoms with Gasteiger partial charge in [0.25, 0.3) is 5.69 Å². The Morgan fingerprint density at radius 2 is 2.39 bits per heavy atom. The number of aromatic nitrogens is 2. The third kappa shape index (κ3) is 2.72. The van der Waals surface area contributed by atoms with E-state index >= 15 is 0 Å². The average Bonchev–Trinajstić information content (AvgIpc) is 2.73. The minimum Gasteiger partial charge on any atom is -0.364 e. The Morgan fingerprint density at radius 1 is 1.61 bits per heavy atom. The highest BCUT2D eigenvalue weighted by Gasteiger charge is 2.09. The second-order valence-electron chi connectivity index (χ2n) is 3.64. The first-order chi connectivity index (χ1) is 8.56. The fraction of sp³-hybridized carbons (Fsp3) is 0.200. The smallest absolute Gasteiger partial charge is 0.304 e. The van der Waals surface area contributed by atoms with Crippen LogP contribution in [-0.2, 0) is 6.54 Å². The van der Waals surface area contributed by atoms with Gasteiger partial charge in [-0.2, -0.15) is 0 Å². The molecular weight excluding hydrogens is 256 g/mol. The number of pyridine rings is 1. The maximum Gasteiger partial charge on any atom is 0.304 e. The van der Waals surface area contributed by atoms with Gasteiger partial charge < -0.3 is 10.3 Å². The van der Waals surface area contributed by atoms with Crippen molar-refractivity contribution in [2.24, 2.45) is 0 Å². The van der Waals surface area contributed by atoms with Gasteiger partial charge in [-0.3, -0.25) is 14.9 Å². The molecule has 2 rings (SSSR count). The van der Waals surface area contributed by atoms with Crippen molar-refractivity contribution in [3.8, 4) is 0 Å². The van der Waals surface area contributed by atoms with Crippen LogP contribution in [-0.4, -0.2) is 14.9 Å². The number of nitro groups is 1. The maximum atomic E-state index is 10.9. The summed E-state index contributed by atoms with van der Waals surface area (Å²) >= 11 is 1.09. The first kappa shape index (κ1) is 12.2. The van der Waals surface area contributed by atoms with Gasteiger partial charge in [0.1, 0.15) is 12.0 Å². The number of aryl methyl sites for hydroxylation is 1. The molecule has 0 radical (unpaired) electrons. The summed E-state index contributed by atoms with van der Waals surface area (Å²) in [5.41, 5.74) is 1.40. The average molecular weight is 266 g/mol. The molecule has 94 valence electrons. The van der Waals surface area contributed by atoms with Gasteiger partial charge in [0.05, 0.1) is 11.5 Å². The molecule has 0 atom stereocenters. The summed E-state index contributed by atoms with van der Waals surface area (Å²) in [4.78, 5) is 27.5. The lowest BCUT2D eigenvalue weighted by molar-refractivity contribution is -0.385. The molecule has 2 aromatic heterocycles. The van der Waals surface area contributed by atoms with Crippen LogP contribution in [0, 0.1) is 17.0 Å². The van der Waals surface area contributed by atoms with Crippen LogP contribution in [0.4, 0.5) is 11.5 Å². The van der Waals surface area contributed by atoms with Crippen LogP contribution in [0.5, 0.6) is 0 Å². The van der Waals surface area contributed by atoms with Crippen molar-refractivity contribution in [1.29, 1.82) is 0 Å². The van der Waals surface area contributed by atoms with E-state index in [9.17, 15) is 14.9 Å². The Morgan fingerprint density at radius 3 is 2.94 bits per heavy atom. The second-order valence-corrected chi connectivity index (χ2v) is 4.49. The number of anilines is 1. The second kappa shape index (κ2) is 4.96. The summed E-state index contributed by atoms with van der Waals surface area (Å²) in [6, 6.07) is 1.45.